The number of fused-ring (bicyclic) bond motifs is 13. The van der Waals surface area contributed by atoms with E-state index in [1.54, 1.807) is 0 Å². The Kier molecular flexibility index (Phi) is 3.05. The summed E-state index contributed by atoms with van der Waals surface area (Å²) in [5.74, 6) is 4.83. The van der Waals surface area contributed by atoms with Gasteiger partial charge in [-0.3, -0.25) is 9.59 Å². The van der Waals surface area contributed by atoms with Crippen molar-refractivity contribution < 1.29 is 9.59 Å². The minimum Gasteiger partial charge on any atom is -0.294 e. The Morgan fingerprint density at radius 1 is 0.833 bits per heavy atom. The SMILES string of the molecule is O=C1c2cc(I)cc(I)c2C(=O)C2C3CC(C12)C1C2CCC(C2)C31. The molecule has 2 nitrogen and oxygen atoms in total. The van der Waals surface area contributed by atoms with E-state index in [0.29, 0.717) is 23.4 Å². The molecule has 0 N–H and O–H groups in total. The summed E-state index contributed by atoms with van der Waals surface area (Å²) in [7, 11) is 0. The minimum atomic E-state index is 0.00387. The van der Waals surface area contributed by atoms with Gasteiger partial charge in [-0.2, -0.15) is 0 Å². The molecule has 0 spiro atoms. The smallest absolute Gasteiger partial charge is 0.168 e. The zero-order valence-corrected chi connectivity index (χ0v) is 17.5. The van der Waals surface area contributed by atoms with Gasteiger partial charge in [-0.05, 0) is 119 Å². The molecule has 124 valence electrons. The van der Waals surface area contributed by atoms with Crippen LogP contribution in [0.2, 0.25) is 0 Å². The van der Waals surface area contributed by atoms with Gasteiger partial charge in [-0.1, -0.05) is 0 Å². The zero-order valence-electron chi connectivity index (χ0n) is 13.2. The average molecular weight is 544 g/mol. The number of Topliss-reactive ketones (excluding diaryl/α,β-unsaturated/α-hetero) is 2. The highest BCUT2D eigenvalue weighted by Gasteiger charge is 2.69. The lowest BCUT2D eigenvalue weighted by molar-refractivity contribution is 0.0370. The lowest BCUT2D eigenvalue weighted by Crippen LogP contribution is -2.47. The quantitative estimate of drug-likeness (QED) is 0.347. The highest BCUT2D eigenvalue weighted by atomic mass is 127. The average Bonchev–Trinajstić information content (AvgIpc) is 3.28. The van der Waals surface area contributed by atoms with Crippen LogP contribution in [0.3, 0.4) is 0 Å². The molecule has 24 heavy (non-hydrogen) atoms. The third kappa shape index (κ3) is 1.64. The number of ketones is 2. The van der Waals surface area contributed by atoms with Gasteiger partial charge in [-0.25, -0.2) is 0 Å². The van der Waals surface area contributed by atoms with Crippen LogP contribution in [0.15, 0.2) is 12.1 Å². The molecule has 8 atom stereocenters. The molecule has 4 saturated carbocycles. The Hall–Kier alpha value is 0.0200. The monoisotopic (exact) mass is 544 g/mol. The largest absolute Gasteiger partial charge is 0.294 e. The van der Waals surface area contributed by atoms with E-state index >= 15 is 0 Å². The number of rotatable bonds is 0. The van der Waals surface area contributed by atoms with E-state index in [1.807, 2.05) is 12.1 Å². The number of halogens is 2. The van der Waals surface area contributed by atoms with Gasteiger partial charge < -0.3 is 0 Å². The summed E-state index contributed by atoms with van der Waals surface area (Å²) in [6.45, 7) is 0. The first kappa shape index (κ1) is 15.1. The van der Waals surface area contributed by atoms with E-state index in [4.69, 9.17) is 0 Å². The third-order valence-corrected chi connectivity index (χ3v) is 9.54. The van der Waals surface area contributed by atoms with Crippen LogP contribution in [0.1, 0.15) is 46.4 Å². The van der Waals surface area contributed by atoms with Crippen molar-refractivity contribution >= 4 is 56.7 Å². The fourth-order valence-electron chi connectivity index (χ4n) is 7.66. The second kappa shape index (κ2) is 4.84. The van der Waals surface area contributed by atoms with Gasteiger partial charge >= 0.3 is 0 Å². The number of hydrogen-bond donors (Lipinski definition) is 0. The number of carbonyl (C=O) groups is 2. The Labute approximate surface area is 168 Å². The van der Waals surface area contributed by atoms with Crippen LogP contribution in [0.4, 0.5) is 0 Å². The van der Waals surface area contributed by atoms with Gasteiger partial charge in [0.25, 0.3) is 0 Å². The standard InChI is InChI=1S/C20H18I2O2/c21-9-4-12-16(13(22)5-9)20(24)18-11-6-10(17(18)19(12)23)14-7-1-2-8(3-7)15(11)14/h4-5,7-8,10-11,14-15,17-18H,1-3,6H2. The van der Waals surface area contributed by atoms with Crippen LogP contribution in [0.5, 0.6) is 0 Å². The first-order valence-electron chi connectivity index (χ1n) is 9.13. The molecule has 5 aliphatic rings. The Morgan fingerprint density at radius 2 is 1.46 bits per heavy atom. The molecule has 4 fully saturated rings. The van der Waals surface area contributed by atoms with Crippen LogP contribution in [0, 0.1) is 54.5 Å². The maximum Gasteiger partial charge on any atom is 0.168 e. The first-order chi connectivity index (χ1) is 11.6. The molecular weight excluding hydrogens is 526 g/mol. The normalized spacial score (nSPS) is 47.1. The van der Waals surface area contributed by atoms with Gasteiger partial charge in [0.05, 0.1) is 0 Å². The number of benzene rings is 1. The van der Waals surface area contributed by atoms with Gasteiger partial charge in [0.1, 0.15) is 0 Å². The molecule has 8 unspecified atom stereocenters. The summed E-state index contributed by atoms with van der Waals surface area (Å²) in [5, 5.41) is 0. The number of carbonyl (C=O) groups excluding carboxylic acids is 2. The summed E-state index contributed by atoms with van der Waals surface area (Å²) in [6.07, 6.45) is 5.28. The lowest BCUT2D eigenvalue weighted by Gasteiger charge is -2.44. The van der Waals surface area contributed by atoms with Crippen molar-refractivity contribution in [1.29, 1.82) is 0 Å². The van der Waals surface area contributed by atoms with Crippen molar-refractivity contribution in [3.8, 4) is 0 Å². The highest BCUT2D eigenvalue weighted by Crippen LogP contribution is 2.71. The van der Waals surface area contributed by atoms with Crippen LogP contribution in [-0.2, 0) is 0 Å². The summed E-state index contributed by atoms with van der Waals surface area (Å²) < 4.78 is 2.04. The molecule has 0 amide bonds. The molecule has 0 radical (unpaired) electrons. The summed E-state index contributed by atoms with van der Waals surface area (Å²) in [4.78, 5) is 26.8. The summed E-state index contributed by atoms with van der Waals surface area (Å²) >= 11 is 4.51. The van der Waals surface area contributed by atoms with Crippen molar-refractivity contribution in [3.05, 3.63) is 30.4 Å². The van der Waals surface area contributed by atoms with Crippen LogP contribution in [-0.4, -0.2) is 11.6 Å². The van der Waals surface area contributed by atoms with E-state index in [2.05, 4.69) is 45.2 Å². The Bertz CT molecular complexity index is 816. The highest BCUT2D eigenvalue weighted by molar-refractivity contribution is 14.1. The molecule has 5 aliphatic carbocycles. The summed E-state index contributed by atoms with van der Waals surface area (Å²) in [6, 6.07) is 4.00. The number of hydrogen-bond acceptors (Lipinski definition) is 2. The molecule has 1 aromatic carbocycles. The zero-order chi connectivity index (χ0) is 16.3. The molecule has 0 aromatic heterocycles. The van der Waals surface area contributed by atoms with Crippen molar-refractivity contribution in [1.82, 2.24) is 0 Å². The molecule has 0 aliphatic heterocycles. The molecule has 4 bridgehead atoms. The van der Waals surface area contributed by atoms with Gasteiger partial charge in [-0.15, -0.1) is 0 Å². The van der Waals surface area contributed by atoms with E-state index in [1.165, 1.54) is 19.3 Å². The predicted octanol–water partition coefficient (Wildman–Crippen LogP) is 4.82. The van der Waals surface area contributed by atoms with Crippen molar-refractivity contribution in [2.24, 2.45) is 47.3 Å². The molecule has 6 rings (SSSR count). The second-order valence-electron chi connectivity index (χ2n) is 8.64. The van der Waals surface area contributed by atoms with Gasteiger partial charge in [0, 0.05) is 30.1 Å². The van der Waals surface area contributed by atoms with Crippen molar-refractivity contribution in [2.45, 2.75) is 25.7 Å². The van der Waals surface area contributed by atoms with E-state index in [9.17, 15) is 9.59 Å². The van der Waals surface area contributed by atoms with Crippen LogP contribution >= 0.6 is 45.2 Å². The van der Waals surface area contributed by atoms with Gasteiger partial charge in [0.2, 0.25) is 0 Å². The molecule has 0 saturated heterocycles. The Morgan fingerprint density at radius 3 is 2.12 bits per heavy atom. The van der Waals surface area contributed by atoms with E-state index < -0.39 is 0 Å². The topological polar surface area (TPSA) is 34.1 Å². The minimum absolute atomic E-state index is 0.00387. The predicted molar refractivity (Wildman–Crippen MR) is 107 cm³/mol. The molecular formula is C20H18I2O2. The maximum atomic E-state index is 13.4. The summed E-state index contributed by atoms with van der Waals surface area (Å²) in [5.41, 5.74) is 1.47. The second-order valence-corrected chi connectivity index (χ2v) is 11.0. The Balaban J connectivity index is 1.52. The van der Waals surface area contributed by atoms with Gasteiger partial charge in [0.15, 0.2) is 11.6 Å². The van der Waals surface area contributed by atoms with Crippen LogP contribution in [0.25, 0.3) is 0 Å². The lowest BCUT2D eigenvalue weighted by atomic mass is 9.58. The molecule has 0 heterocycles. The fourth-order valence-corrected chi connectivity index (χ4v) is 9.77. The molecule has 4 heteroatoms. The van der Waals surface area contributed by atoms with Crippen molar-refractivity contribution in [3.63, 3.8) is 0 Å². The van der Waals surface area contributed by atoms with Crippen LogP contribution < -0.4 is 0 Å². The van der Waals surface area contributed by atoms with E-state index in [0.717, 1.165) is 48.4 Å². The molecule has 1 aromatic rings. The maximum absolute atomic E-state index is 13.4. The first-order valence-corrected chi connectivity index (χ1v) is 11.3. The van der Waals surface area contributed by atoms with E-state index in [-0.39, 0.29) is 11.8 Å². The fraction of sp³-hybridized carbons (Fsp3) is 0.600. The third-order valence-electron chi connectivity index (χ3n) is 8.06. The van der Waals surface area contributed by atoms with Crippen molar-refractivity contribution in [2.75, 3.05) is 0 Å².